The molecule has 0 heterocycles. The second-order valence-corrected chi connectivity index (χ2v) is 7.29. The molecule has 4 bridgehead atoms. The standard InChI is InChI=1S/C11H12Br2O4/c1-16-8(14)10-4-3-5(7(12)6(4)10)11(10,13)9(15)17-2/h4-7H,3H2,1-2H3/t4-,5+,6-,7-,10+,11+/m0/s1. The lowest BCUT2D eigenvalue weighted by atomic mass is 9.89. The minimum absolute atomic E-state index is 0.101. The topological polar surface area (TPSA) is 52.6 Å². The molecule has 6 atom stereocenters. The van der Waals surface area contributed by atoms with Gasteiger partial charge in [0.15, 0.2) is 0 Å². The molecule has 0 unspecified atom stereocenters. The molecule has 4 fully saturated rings. The molecule has 0 aliphatic heterocycles. The Labute approximate surface area is 116 Å². The SMILES string of the molecule is COC(=O)[C@]12[C@@H]3[C@@H](Br)[C@@H](C[C@@H]31)[C@@]2(Br)C(=O)OC. The monoisotopic (exact) mass is 366 g/mol. The van der Waals surface area contributed by atoms with E-state index in [0.29, 0.717) is 0 Å². The van der Waals surface area contributed by atoms with Gasteiger partial charge in [-0.2, -0.15) is 0 Å². The molecule has 0 radical (unpaired) electrons. The summed E-state index contributed by atoms with van der Waals surface area (Å²) in [6, 6.07) is 0. The number of esters is 2. The van der Waals surface area contributed by atoms with Crippen LogP contribution >= 0.6 is 31.9 Å². The summed E-state index contributed by atoms with van der Waals surface area (Å²) in [5.41, 5.74) is -0.715. The van der Waals surface area contributed by atoms with Gasteiger partial charge in [-0.05, 0) is 24.2 Å². The average molecular weight is 368 g/mol. The number of carbonyl (C=O) groups excluding carboxylic acids is 2. The van der Waals surface area contributed by atoms with Crippen LogP contribution in [0.3, 0.4) is 0 Å². The van der Waals surface area contributed by atoms with Crippen LogP contribution in [0.2, 0.25) is 0 Å². The van der Waals surface area contributed by atoms with Crippen LogP contribution in [0.1, 0.15) is 6.42 Å². The van der Waals surface area contributed by atoms with Gasteiger partial charge in [0.25, 0.3) is 0 Å². The Morgan fingerprint density at radius 1 is 1.18 bits per heavy atom. The maximum absolute atomic E-state index is 12.1. The van der Waals surface area contributed by atoms with Crippen LogP contribution in [0, 0.1) is 23.2 Å². The fourth-order valence-electron chi connectivity index (χ4n) is 4.22. The van der Waals surface area contributed by atoms with Crippen LogP contribution in [0.4, 0.5) is 0 Å². The molecule has 0 aromatic carbocycles. The van der Waals surface area contributed by atoms with Crippen LogP contribution in [0.15, 0.2) is 0 Å². The predicted octanol–water partition coefficient (Wildman–Crippen LogP) is 1.50. The third-order valence-electron chi connectivity index (χ3n) is 4.79. The maximum atomic E-state index is 12.1. The van der Waals surface area contributed by atoms with Gasteiger partial charge < -0.3 is 9.47 Å². The molecule has 0 spiro atoms. The zero-order chi connectivity index (χ0) is 12.6. The minimum Gasteiger partial charge on any atom is -0.469 e. The van der Waals surface area contributed by atoms with Crippen LogP contribution in [0.25, 0.3) is 0 Å². The Hall–Kier alpha value is -0.100. The van der Waals surface area contributed by atoms with E-state index < -0.39 is 9.74 Å². The molecule has 0 N–H and O–H groups in total. The molecule has 6 heteroatoms. The summed E-state index contributed by atoms with van der Waals surface area (Å²) in [4.78, 5) is 24.4. The van der Waals surface area contributed by atoms with Crippen molar-refractivity contribution in [3.63, 3.8) is 0 Å². The maximum Gasteiger partial charge on any atom is 0.324 e. The second-order valence-electron chi connectivity index (χ2n) is 4.98. The quantitative estimate of drug-likeness (QED) is 0.548. The van der Waals surface area contributed by atoms with Crippen molar-refractivity contribution in [2.75, 3.05) is 14.2 Å². The predicted molar refractivity (Wildman–Crippen MR) is 65.9 cm³/mol. The normalized spacial score (nSPS) is 53.4. The second kappa shape index (κ2) is 3.26. The van der Waals surface area contributed by atoms with Crippen LogP contribution in [0.5, 0.6) is 0 Å². The third-order valence-corrected chi connectivity index (χ3v) is 7.56. The zero-order valence-corrected chi connectivity index (χ0v) is 12.6. The molecular formula is C11H12Br2O4. The number of alkyl halides is 2. The molecule has 4 saturated carbocycles. The summed E-state index contributed by atoms with van der Waals surface area (Å²) in [5, 5.41) is 0. The van der Waals surface area contributed by atoms with Crippen LogP contribution in [-0.4, -0.2) is 35.3 Å². The summed E-state index contributed by atoms with van der Waals surface area (Å²) >= 11 is 7.13. The Morgan fingerprint density at radius 2 is 1.76 bits per heavy atom. The highest BCUT2D eigenvalue weighted by Gasteiger charge is 2.94. The molecule has 17 heavy (non-hydrogen) atoms. The number of hydrogen-bond acceptors (Lipinski definition) is 4. The van der Waals surface area contributed by atoms with Gasteiger partial charge >= 0.3 is 11.9 Å². The van der Waals surface area contributed by atoms with E-state index in [4.69, 9.17) is 9.47 Å². The average Bonchev–Trinajstić information content (AvgIpc) is 2.69. The first-order valence-corrected chi connectivity index (χ1v) is 7.18. The van der Waals surface area contributed by atoms with Gasteiger partial charge in [0.1, 0.15) is 9.74 Å². The molecule has 0 amide bonds. The Balaban J connectivity index is 2.11. The summed E-state index contributed by atoms with van der Waals surface area (Å²) in [6.07, 6.45) is 0.871. The lowest BCUT2D eigenvalue weighted by Gasteiger charge is -2.29. The van der Waals surface area contributed by atoms with E-state index in [-0.39, 0.29) is 34.5 Å². The minimum atomic E-state index is -0.911. The van der Waals surface area contributed by atoms with Crippen molar-refractivity contribution in [1.29, 1.82) is 0 Å². The first-order chi connectivity index (χ1) is 7.97. The smallest absolute Gasteiger partial charge is 0.324 e. The largest absolute Gasteiger partial charge is 0.469 e. The molecule has 4 aliphatic carbocycles. The van der Waals surface area contributed by atoms with E-state index in [1.165, 1.54) is 14.2 Å². The number of methoxy groups -OCH3 is 2. The van der Waals surface area contributed by atoms with E-state index >= 15 is 0 Å². The van der Waals surface area contributed by atoms with E-state index in [1.807, 2.05) is 0 Å². The molecule has 94 valence electrons. The summed E-state index contributed by atoms with van der Waals surface area (Å²) in [6.45, 7) is 0. The Morgan fingerprint density at radius 3 is 2.18 bits per heavy atom. The van der Waals surface area contributed by atoms with Crippen molar-refractivity contribution in [2.45, 2.75) is 15.6 Å². The number of hydrogen-bond donors (Lipinski definition) is 0. The summed E-state index contributed by atoms with van der Waals surface area (Å²) in [5.74, 6) is -0.121. The van der Waals surface area contributed by atoms with E-state index in [9.17, 15) is 9.59 Å². The van der Waals surface area contributed by atoms with Gasteiger partial charge in [-0.25, -0.2) is 0 Å². The zero-order valence-electron chi connectivity index (χ0n) is 9.41. The van der Waals surface area contributed by atoms with Gasteiger partial charge in [-0.15, -0.1) is 0 Å². The van der Waals surface area contributed by atoms with E-state index in [0.717, 1.165) is 6.42 Å². The number of halogens is 2. The fourth-order valence-corrected chi connectivity index (χ4v) is 7.33. The first kappa shape index (κ1) is 12.0. The van der Waals surface area contributed by atoms with Gasteiger partial charge in [0.05, 0.1) is 14.2 Å². The van der Waals surface area contributed by atoms with Crippen molar-refractivity contribution in [3.8, 4) is 0 Å². The summed E-state index contributed by atoms with van der Waals surface area (Å²) < 4.78 is 8.89. The summed E-state index contributed by atoms with van der Waals surface area (Å²) in [7, 11) is 2.72. The highest BCUT2D eigenvalue weighted by molar-refractivity contribution is 9.10. The molecular weight excluding hydrogens is 356 g/mol. The highest BCUT2D eigenvalue weighted by atomic mass is 79.9. The molecule has 0 aromatic heterocycles. The lowest BCUT2D eigenvalue weighted by molar-refractivity contribution is -0.156. The Bertz CT molecular complexity index is 410. The van der Waals surface area contributed by atoms with Crippen LogP contribution < -0.4 is 0 Å². The van der Waals surface area contributed by atoms with E-state index in [1.54, 1.807) is 0 Å². The molecule has 4 aliphatic rings. The lowest BCUT2D eigenvalue weighted by Crippen LogP contribution is -2.47. The van der Waals surface area contributed by atoms with Gasteiger partial charge in [-0.3, -0.25) is 9.59 Å². The number of rotatable bonds is 2. The number of carbonyl (C=O) groups is 2. The van der Waals surface area contributed by atoms with Crippen molar-refractivity contribution >= 4 is 43.8 Å². The van der Waals surface area contributed by atoms with Crippen molar-refractivity contribution in [1.82, 2.24) is 0 Å². The first-order valence-electron chi connectivity index (χ1n) is 5.47. The third kappa shape index (κ3) is 0.949. The Kier molecular flexibility index (Phi) is 2.29. The van der Waals surface area contributed by atoms with Crippen molar-refractivity contribution < 1.29 is 19.1 Å². The van der Waals surface area contributed by atoms with Gasteiger partial charge in [-0.1, -0.05) is 31.9 Å². The van der Waals surface area contributed by atoms with Crippen molar-refractivity contribution in [3.05, 3.63) is 0 Å². The fraction of sp³-hybridized carbons (Fsp3) is 0.818. The molecule has 0 saturated heterocycles. The number of ether oxygens (including phenoxy) is 2. The van der Waals surface area contributed by atoms with Crippen molar-refractivity contribution in [2.24, 2.45) is 23.2 Å². The van der Waals surface area contributed by atoms with Gasteiger partial charge in [0.2, 0.25) is 0 Å². The van der Waals surface area contributed by atoms with Gasteiger partial charge in [0, 0.05) is 4.83 Å². The van der Waals surface area contributed by atoms with E-state index in [2.05, 4.69) is 31.9 Å². The molecule has 4 nitrogen and oxygen atoms in total. The van der Waals surface area contributed by atoms with Crippen LogP contribution in [-0.2, 0) is 19.1 Å². The molecule has 0 aromatic rings. The highest BCUT2D eigenvalue weighted by Crippen LogP contribution is 2.86. The molecule has 4 rings (SSSR count).